The Balaban J connectivity index is 1.48. The molecule has 1 fully saturated rings. The number of benzene rings is 2. The monoisotopic (exact) mass is 486 g/mol. The zero-order valence-corrected chi connectivity index (χ0v) is 20.6. The number of ether oxygens (including phenoxy) is 1. The lowest BCUT2D eigenvalue weighted by Crippen LogP contribution is -2.35. The molecular weight excluding hydrogens is 456 g/mol. The van der Waals surface area contributed by atoms with Crippen LogP contribution < -0.4 is 11.3 Å². The van der Waals surface area contributed by atoms with Crippen LogP contribution in [0.1, 0.15) is 54.9 Å². The van der Waals surface area contributed by atoms with Gasteiger partial charge in [-0.3, -0.25) is 18.9 Å². The molecule has 2 aromatic heterocycles. The molecule has 0 atom stereocenters. The molecule has 0 spiro atoms. The van der Waals surface area contributed by atoms with E-state index in [1.807, 2.05) is 60.0 Å². The van der Waals surface area contributed by atoms with Crippen molar-refractivity contribution in [3.05, 3.63) is 92.1 Å². The second kappa shape index (κ2) is 10.5. The molecule has 0 aliphatic carbocycles. The van der Waals surface area contributed by atoms with Gasteiger partial charge in [-0.1, -0.05) is 67.0 Å². The van der Waals surface area contributed by atoms with E-state index in [1.54, 1.807) is 0 Å². The molecule has 2 aromatic carbocycles. The molecule has 8 heteroatoms. The molecule has 1 aliphatic rings. The molecule has 186 valence electrons. The third kappa shape index (κ3) is 4.81. The lowest BCUT2D eigenvalue weighted by atomic mass is 9.96. The summed E-state index contributed by atoms with van der Waals surface area (Å²) in [6.07, 6.45) is 3.91. The Labute approximate surface area is 209 Å². The summed E-state index contributed by atoms with van der Waals surface area (Å²) >= 11 is 0. The quantitative estimate of drug-likeness (QED) is 0.414. The molecule has 36 heavy (non-hydrogen) atoms. The highest BCUT2D eigenvalue weighted by Gasteiger charge is 2.22. The van der Waals surface area contributed by atoms with Crippen LogP contribution >= 0.6 is 0 Å². The zero-order valence-electron chi connectivity index (χ0n) is 20.6. The molecule has 8 nitrogen and oxygen atoms in total. The van der Waals surface area contributed by atoms with Crippen LogP contribution in [0, 0.1) is 6.92 Å². The minimum atomic E-state index is -0.587. The summed E-state index contributed by atoms with van der Waals surface area (Å²) < 4.78 is 12.1. The topological polar surface area (TPSA) is 103 Å². The maximum atomic E-state index is 13.7. The highest BCUT2D eigenvalue weighted by atomic mass is 16.5. The van der Waals surface area contributed by atoms with Gasteiger partial charge in [-0.25, -0.2) is 9.78 Å². The zero-order chi connectivity index (χ0) is 25.1. The number of nitrogens with one attached hydrogen (secondary N) is 1. The minimum Gasteiger partial charge on any atom is -0.381 e. The molecule has 0 saturated carbocycles. The van der Waals surface area contributed by atoms with Crippen LogP contribution in [0.15, 0.2) is 62.6 Å². The average Bonchev–Trinajstić information content (AvgIpc) is 3.33. The van der Waals surface area contributed by atoms with E-state index in [2.05, 4.69) is 17.1 Å². The van der Waals surface area contributed by atoms with Crippen molar-refractivity contribution in [2.75, 3.05) is 13.2 Å². The molecule has 0 radical (unpaired) electrons. The van der Waals surface area contributed by atoms with Gasteiger partial charge in [0, 0.05) is 36.8 Å². The lowest BCUT2D eigenvalue weighted by molar-refractivity contribution is 0.0676. The van der Waals surface area contributed by atoms with Gasteiger partial charge < -0.3 is 4.74 Å². The molecular formula is C28H30N4O4. The number of aromatic amines is 1. The Morgan fingerprint density at radius 2 is 1.75 bits per heavy atom. The highest BCUT2D eigenvalue weighted by molar-refractivity contribution is 5.80. The van der Waals surface area contributed by atoms with Gasteiger partial charge in [0.25, 0.3) is 5.56 Å². The number of nitrogens with zero attached hydrogens (tertiary/aromatic N) is 3. The van der Waals surface area contributed by atoms with Crippen LogP contribution in [0.2, 0.25) is 0 Å². The summed E-state index contributed by atoms with van der Waals surface area (Å²) in [5.41, 5.74) is 5.48. The highest BCUT2D eigenvalue weighted by Crippen LogP contribution is 2.30. The fourth-order valence-corrected chi connectivity index (χ4v) is 5.02. The standard InChI is InChI=1S/C28H30N4O4/c1-3-6-25-24(27(33)32(18(2)29-25)21-13-15-35-16-14-21)17-19-9-11-20(12-10-19)22-7-4-5-8-23(22)26-30-28(34)36-31-26/h4-5,7-12,21H,3,6,13-17H2,1-2H3,(H,30,31,34). The van der Waals surface area contributed by atoms with E-state index < -0.39 is 5.76 Å². The van der Waals surface area contributed by atoms with Gasteiger partial charge in [0.2, 0.25) is 0 Å². The Morgan fingerprint density at radius 3 is 2.42 bits per heavy atom. The lowest BCUT2D eigenvalue weighted by Gasteiger charge is -2.26. The van der Waals surface area contributed by atoms with Crippen LogP contribution in [-0.4, -0.2) is 32.9 Å². The third-order valence-corrected chi connectivity index (χ3v) is 6.78. The van der Waals surface area contributed by atoms with Gasteiger partial charge in [0.05, 0.1) is 5.69 Å². The molecule has 0 bridgehead atoms. The van der Waals surface area contributed by atoms with E-state index in [1.165, 1.54) is 0 Å². The maximum absolute atomic E-state index is 13.7. The Kier molecular flexibility index (Phi) is 6.95. The number of H-pyrrole nitrogens is 1. The van der Waals surface area contributed by atoms with Crippen molar-refractivity contribution in [3.8, 4) is 22.5 Å². The molecule has 4 aromatic rings. The predicted octanol–water partition coefficient (Wildman–Crippen LogP) is 4.46. The first kappa shape index (κ1) is 23.9. The second-order valence-electron chi connectivity index (χ2n) is 9.22. The molecule has 0 amide bonds. The van der Waals surface area contributed by atoms with Crippen LogP contribution in [0.25, 0.3) is 22.5 Å². The van der Waals surface area contributed by atoms with Gasteiger partial charge in [0.1, 0.15) is 5.82 Å². The molecule has 1 N–H and O–H groups in total. The Morgan fingerprint density at radius 1 is 1.03 bits per heavy atom. The van der Waals surface area contributed by atoms with Crippen molar-refractivity contribution in [1.82, 2.24) is 19.7 Å². The van der Waals surface area contributed by atoms with E-state index in [0.29, 0.717) is 25.5 Å². The van der Waals surface area contributed by atoms with Gasteiger partial charge >= 0.3 is 5.76 Å². The average molecular weight is 487 g/mol. The van der Waals surface area contributed by atoms with Crippen LogP contribution in [0.3, 0.4) is 0 Å². The van der Waals surface area contributed by atoms with Crippen molar-refractivity contribution >= 4 is 0 Å². The van der Waals surface area contributed by atoms with E-state index in [4.69, 9.17) is 14.2 Å². The predicted molar refractivity (Wildman–Crippen MR) is 137 cm³/mol. The first-order valence-corrected chi connectivity index (χ1v) is 12.5. The summed E-state index contributed by atoms with van der Waals surface area (Å²) in [4.78, 5) is 32.7. The summed E-state index contributed by atoms with van der Waals surface area (Å²) in [6.45, 7) is 5.40. The van der Waals surface area contributed by atoms with Crippen molar-refractivity contribution in [2.24, 2.45) is 0 Å². The summed E-state index contributed by atoms with van der Waals surface area (Å²) in [5.74, 6) is 0.594. The van der Waals surface area contributed by atoms with Gasteiger partial charge in [-0.2, -0.15) is 0 Å². The summed E-state index contributed by atoms with van der Waals surface area (Å²) in [6, 6.07) is 16.0. The minimum absolute atomic E-state index is 0.0715. The van der Waals surface area contributed by atoms with Gasteiger partial charge in [0.15, 0.2) is 5.82 Å². The van der Waals surface area contributed by atoms with E-state index in [-0.39, 0.29) is 11.6 Å². The molecule has 5 rings (SSSR count). The normalized spacial score (nSPS) is 14.3. The molecule has 0 unspecified atom stereocenters. The van der Waals surface area contributed by atoms with Crippen molar-refractivity contribution < 1.29 is 9.26 Å². The first-order valence-electron chi connectivity index (χ1n) is 12.5. The van der Waals surface area contributed by atoms with Gasteiger partial charge in [-0.05, 0) is 42.9 Å². The van der Waals surface area contributed by atoms with E-state index >= 15 is 0 Å². The van der Waals surface area contributed by atoms with Crippen LogP contribution in [0.5, 0.6) is 0 Å². The van der Waals surface area contributed by atoms with Crippen LogP contribution in [0.4, 0.5) is 0 Å². The largest absolute Gasteiger partial charge is 0.439 e. The number of aryl methyl sites for hydroxylation is 2. The number of hydrogen-bond donors (Lipinski definition) is 1. The SMILES string of the molecule is CCCc1nc(C)n(C2CCOCC2)c(=O)c1Cc1ccc(-c2ccccc2-c2noc(=O)[nH]2)cc1. The fraction of sp³-hybridized carbons (Fsp3) is 0.357. The number of rotatable bonds is 7. The van der Waals surface area contributed by atoms with E-state index in [9.17, 15) is 9.59 Å². The first-order chi connectivity index (χ1) is 17.5. The fourth-order valence-electron chi connectivity index (χ4n) is 5.02. The number of hydrogen-bond acceptors (Lipinski definition) is 6. The molecule has 1 saturated heterocycles. The third-order valence-electron chi connectivity index (χ3n) is 6.78. The molecule has 3 heterocycles. The van der Waals surface area contributed by atoms with Crippen molar-refractivity contribution in [2.45, 2.75) is 52.0 Å². The second-order valence-corrected chi connectivity index (χ2v) is 9.22. The Bertz CT molecular complexity index is 1460. The molecule has 1 aliphatic heterocycles. The van der Waals surface area contributed by atoms with Crippen LogP contribution in [-0.2, 0) is 17.6 Å². The van der Waals surface area contributed by atoms with E-state index in [0.717, 1.165) is 65.0 Å². The smallest absolute Gasteiger partial charge is 0.381 e. The van der Waals surface area contributed by atoms with Crippen molar-refractivity contribution in [3.63, 3.8) is 0 Å². The summed E-state index contributed by atoms with van der Waals surface area (Å²) in [5, 5.41) is 3.84. The maximum Gasteiger partial charge on any atom is 0.439 e. The van der Waals surface area contributed by atoms with Gasteiger partial charge in [-0.15, -0.1) is 0 Å². The Hall–Kier alpha value is -3.78. The number of aromatic nitrogens is 4. The van der Waals surface area contributed by atoms with Crippen molar-refractivity contribution in [1.29, 1.82) is 0 Å². The summed E-state index contributed by atoms with van der Waals surface area (Å²) in [7, 11) is 0.